The highest BCUT2D eigenvalue weighted by Crippen LogP contribution is 2.44. The molecule has 1 aliphatic rings. The molecule has 0 saturated heterocycles. The Bertz CT molecular complexity index is 935. The maximum Gasteiger partial charge on any atom is 0.422 e. The fourth-order valence-corrected chi connectivity index (χ4v) is 3.96. The largest absolute Gasteiger partial charge is 0.482 e. The van der Waals surface area contributed by atoms with Crippen molar-refractivity contribution >= 4 is 17.6 Å². The van der Waals surface area contributed by atoms with Crippen LogP contribution in [0.25, 0.3) is 11.1 Å². The molecule has 3 nitrogen and oxygen atoms in total. The molecule has 0 radical (unpaired) electrons. The van der Waals surface area contributed by atoms with Gasteiger partial charge in [0, 0.05) is 5.56 Å². The van der Waals surface area contributed by atoms with Gasteiger partial charge in [0.2, 0.25) is 0 Å². The van der Waals surface area contributed by atoms with Gasteiger partial charge in [0.05, 0.1) is 17.5 Å². The van der Waals surface area contributed by atoms with E-state index in [2.05, 4.69) is 13.8 Å². The number of esters is 1. The van der Waals surface area contributed by atoms with Crippen molar-refractivity contribution in [1.82, 2.24) is 0 Å². The zero-order valence-electron chi connectivity index (χ0n) is 18.5. The SMILES string of the molecule is CCOC(=O)C(CC1CC1)c1cc(Cl)c(OCC(F)(F)F)c(-c2ccc(C(C)C)cc2)c1. The van der Waals surface area contributed by atoms with Gasteiger partial charge >= 0.3 is 12.1 Å². The number of hydrogen-bond acceptors (Lipinski definition) is 3. The van der Waals surface area contributed by atoms with Crippen LogP contribution in [0, 0.1) is 5.92 Å². The molecule has 3 rings (SSSR count). The molecule has 0 aromatic heterocycles. The van der Waals surface area contributed by atoms with Crippen LogP contribution in [-0.4, -0.2) is 25.4 Å². The zero-order valence-corrected chi connectivity index (χ0v) is 19.2. The molecule has 0 aliphatic heterocycles. The van der Waals surface area contributed by atoms with Crippen LogP contribution in [0.15, 0.2) is 36.4 Å². The number of benzene rings is 2. The van der Waals surface area contributed by atoms with Gasteiger partial charge in [0.15, 0.2) is 6.61 Å². The summed E-state index contributed by atoms with van der Waals surface area (Å²) in [7, 11) is 0. The van der Waals surface area contributed by atoms with Gasteiger partial charge in [-0.2, -0.15) is 13.2 Å². The van der Waals surface area contributed by atoms with E-state index in [1.54, 1.807) is 13.0 Å². The Labute approximate surface area is 191 Å². The van der Waals surface area contributed by atoms with Crippen LogP contribution in [0.3, 0.4) is 0 Å². The van der Waals surface area contributed by atoms with Crippen molar-refractivity contribution in [2.75, 3.05) is 13.2 Å². The third-order valence-electron chi connectivity index (χ3n) is 5.57. The van der Waals surface area contributed by atoms with E-state index in [0.717, 1.165) is 18.4 Å². The van der Waals surface area contributed by atoms with Gasteiger partial charge in [-0.05, 0) is 54.0 Å². The Hall–Kier alpha value is -2.21. The minimum absolute atomic E-state index is 0.0415. The van der Waals surface area contributed by atoms with Gasteiger partial charge in [-0.1, -0.05) is 62.6 Å². The van der Waals surface area contributed by atoms with Gasteiger partial charge in [0.1, 0.15) is 5.75 Å². The lowest BCUT2D eigenvalue weighted by Crippen LogP contribution is -2.20. The highest BCUT2D eigenvalue weighted by molar-refractivity contribution is 6.32. The van der Waals surface area contributed by atoms with E-state index in [4.69, 9.17) is 21.1 Å². The topological polar surface area (TPSA) is 35.5 Å². The molecule has 1 atom stereocenters. The number of carbonyl (C=O) groups is 1. The van der Waals surface area contributed by atoms with Crippen molar-refractivity contribution in [2.45, 2.75) is 58.0 Å². The molecule has 1 aliphatic carbocycles. The summed E-state index contributed by atoms with van der Waals surface area (Å²) in [5, 5.41) is 0.0415. The van der Waals surface area contributed by atoms with Gasteiger partial charge < -0.3 is 9.47 Å². The molecule has 0 N–H and O–H groups in total. The summed E-state index contributed by atoms with van der Waals surface area (Å²) in [6, 6.07) is 10.8. The monoisotopic (exact) mass is 468 g/mol. The van der Waals surface area contributed by atoms with Crippen molar-refractivity contribution in [2.24, 2.45) is 5.92 Å². The van der Waals surface area contributed by atoms with Crippen LogP contribution in [-0.2, 0) is 9.53 Å². The Balaban J connectivity index is 2.06. The molecule has 7 heteroatoms. The van der Waals surface area contributed by atoms with Crippen LogP contribution in [0.1, 0.15) is 63.0 Å². The molecular formula is C25H28ClF3O3. The van der Waals surface area contributed by atoms with Crippen molar-refractivity contribution in [3.63, 3.8) is 0 Å². The third kappa shape index (κ3) is 6.41. The molecule has 0 amide bonds. The maximum atomic E-state index is 12.9. The summed E-state index contributed by atoms with van der Waals surface area (Å²) in [5.74, 6) is -0.158. The first-order valence-electron chi connectivity index (χ1n) is 10.9. The van der Waals surface area contributed by atoms with Crippen molar-refractivity contribution in [3.05, 3.63) is 52.5 Å². The predicted octanol–water partition coefficient (Wildman–Crippen LogP) is 7.52. The Morgan fingerprint density at radius 3 is 2.31 bits per heavy atom. The second kappa shape index (κ2) is 10.2. The molecule has 174 valence electrons. The fourth-order valence-electron chi connectivity index (χ4n) is 3.68. The highest BCUT2D eigenvalue weighted by atomic mass is 35.5. The lowest BCUT2D eigenvalue weighted by Gasteiger charge is -2.21. The summed E-state index contributed by atoms with van der Waals surface area (Å²) >= 11 is 6.43. The summed E-state index contributed by atoms with van der Waals surface area (Å²) in [6.07, 6.45) is -1.76. The number of alkyl halides is 3. The molecule has 0 spiro atoms. The second-order valence-corrected chi connectivity index (χ2v) is 8.95. The molecule has 2 aromatic carbocycles. The Morgan fingerprint density at radius 1 is 1.12 bits per heavy atom. The molecule has 0 heterocycles. The highest BCUT2D eigenvalue weighted by Gasteiger charge is 2.33. The van der Waals surface area contributed by atoms with Crippen LogP contribution < -0.4 is 4.74 Å². The van der Waals surface area contributed by atoms with Gasteiger partial charge in [0.25, 0.3) is 0 Å². The average Bonchev–Trinajstić information content (AvgIpc) is 3.54. The van der Waals surface area contributed by atoms with E-state index in [1.165, 1.54) is 6.07 Å². The van der Waals surface area contributed by atoms with Gasteiger partial charge in [-0.3, -0.25) is 4.79 Å². The first kappa shape index (κ1) is 24.4. The fraction of sp³-hybridized carbons (Fsp3) is 0.480. The van der Waals surface area contributed by atoms with Crippen LogP contribution >= 0.6 is 11.6 Å². The van der Waals surface area contributed by atoms with Crippen LogP contribution in [0.2, 0.25) is 5.02 Å². The maximum absolute atomic E-state index is 12.9. The summed E-state index contributed by atoms with van der Waals surface area (Å²) in [5.41, 5.74) is 2.83. The van der Waals surface area contributed by atoms with E-state index >= 15 is 0 Å². The molecule has 0 bridgehead atoms. The number of carbonyl (C=O) groups excluding carboxylic acids is 1. The summed E-state index contributed by atoms with van der Waals surface area (Å²) in [4.78, 5) is 12.7. The predicted molar refractivity (Wildman–Crippen MR) is 119 cm³/mol. The first-order chi connectivity index (χ1) is 15.1. The molecular weight excluding hydrogens is 441 g/mol. The molecule has 1 saturated carbocycles. The third-order valence-corrected chi connectivity index (χ3v) is 5.85. The van der Waals surface area contributed by atoms with Crippen molar-refractivity contribution in [3.8, 4) is 16.9 Å². The van der Waals surface area contributed by atoms with Crippen molar-refractivity contribution < 1.29 is 27.4 Å². The van der Waals surface area contributed by atoms with E-state index < -0.39 is 18.7 Å². The van der Waals surface area contributed by atoms with Gasteiger partial charge in [-0.25, -0.2) is 0 Å². The standard InChI is InChI=1S/C25H28ClF3O3/c1-4-31-24(30)21(11-16-5-6-16)19-12-20(18-9-7-17(8-10-18)15(2)3)23(22(26)13-19)32-14-25(27,28)29/h7-10,12-13,15-16,21H,4-6,11,14H2,1-3H3. The smallest absolute Gasteiger partial charge is 0.422 e. The van der Waals surface area contributed by atoms with Crippen molar-refractivity contribution in [1.29, 1.82) is 0 Å². The summed E-state index contributed by atoms with van der Waals surface area (Å²) < 4.78 is 49.0. The number of rotatable bonds is 9. The number of halogens is 4. The average molecular weight is 469 g/mol. The van der Waals surface area contributed by atoms with Crippen LogP contribution in [0.4, 0.5) is 13.2 Å². The number of ether oxygens (including phenoxy) is 2. The lowest BCUT2D eigenvalue weighted by molar-refractivity contribution is -0.153. The molecule has 2 aromatic rings. The van der Waals surface area contributed by atoms with E-state index in [0.29, 0.717) is 34.9 Å². The van der Waals surface area contributed by atoms with E-state index in [-0.39, 0.29) is 23.3 Å². The minimum Gasteiger partial charge on any atom is -0.482 e. The minimum atomic E-state index is -4.50. The lowest BCUT2D eigenvalue weighted by atomic mass is 9.90. The molecule has 32 heavy (non-hydrogen) atoms. The van der Waals surface area contributed by atoms with E-state index in [1.807, 2.05) is 24.3 Å². The quantitative estimate of drug-likeness (QED) is 0.357. The van der Waals surface area contributed by atoms with Crippen LogP contribution in [0.5, 0.6) is 5.75 Å². The normalized spacial score (nSPS) is 15.0. The van der Waals surface area contributed by atoms with Gasteiger partial charge in [-0.15, -0.1) is 0 Å². The Kier molecular flexibility index (Phi) is 7.75. The first-order valence-corrected chi connectivity index (χ1v) is 11.3. The Morgan fingerprint density at radius 2 is 1.78 bits per heavy atom. The van der Waals surface area contributed by atoms with E-state index in [9.17, 15) is 18.0 Å². The molecule has 1 unspecified atom stereocenters. The zero-order chi connectivity index (χ0) is 23.5. The molecule has 1 fully saturated rings. The second-order valence-electron chi connectivity index (χ2n) is 8.54. The summed E-state index contributed by atoms with van der Waals surface area (Å²) in [6.45, 7) is 4.67. The number of hydrogen-bond donors (Lipinski definition) is 0.